The van der Waals surface area contributed by atoms with E-state index in [1.807, 2.05) is 0 Å². The van der Waals surface area contributed by atoms with Crippen LogP contribution in [0.5, 0.6) is 0 Å². The van der Waals surface area contributed by atoms with Crippen LogP contribution in [0.3, 0.4) is 0 Å². The molecule has 0 saturated carbocycles. The monoisotopic (exact) mass is 189 g/mol. The van der Waals surface area contributed by atoms with Crippen molar-refractivity contribution in [1.82, 2.24) is 15.3 Å². The Hall–Kier alpha value is -1.89. The molecule has 0 saturated heterocycles. The summed E-state index contributed by atoms with van der Waals surface area (Å²) >= 11 is 0. The molecule has 4 nitrogen and oxygen atoms in total. The summed E-state index contributed by atoms with van der Waals surface area (Å²) in [6, 6.07) is 0. The molecule has 0 aliphatic heterocycles. The van der Waals surface area contributed by atoms with E-state index in [1.54, 1.807) is 6.92 Å². The molecule has 1 amide bonds. The highest BCUT2D eigenvalue weighted by atomic mass is 16.1. The lowest BCUT2D eigenvalue weighted by molar-refractivity contribution is 0.0954. The predicted octanol–water partition coefficient (Wildman–Crippen LogP) is 0.620. The Balaban J connectivity index is 2.39. The minimum absolute atomic E-state index is 0.163. The van der Waals surface area contributed by atoms with Crippen LogP contribution in [0.1, 0.15) is 23.7 Å². The van der Waals surface area contributed by atoms with Crippen LogP contribution in [0.25, 0.3) is 0 Å². The first-order valence-corrected chi connectivity index (χ1v) is 4.27. The summed E-state index contributed by atoms with van der Waals surface area (Å²) < 4.78 is 0. The quantitative estimate of drug-likeness (QED) is 0.560. The van der Waals surface area contributed by atoms with Crippen molar-refractivity contribution in [2.24, 2.45) is 0 Å². The minimum Gasteiger partial charge on any atom is -0.351 e. The van der Waals surface area contributed by atoms with Gasteiger partial charge in [0.2, 0.25) is 0 Å². The lowest BCUT2D eigenvalue weighted by Crippen LogP contribution is -2.24. The molecule has 1 aromatic heterocycles. The van der Waals surface area contributed by atoms with Gasteiger partial charge in [-0.25, -0.2) is 9.97 Å². The average Bonchev–Trinajstić information content (AvgIpc) is 2.25. The second kappa shape index (κ2) is 5.70. The number of nitrogens with zero attached hydrogens (tertiary/aromatic N) is 2. The third-order valence-corrected chi connectivity index (χ3v) is 1.54. The van der Waals surface area contributed by atoms with E-state index >= 15 is 0 Å². The van der Waals surface area contributed by atoms with Gasteiger partial charge in [0.25, 0.3) is 5.91 Å². The maximum absolute atomic E-state index is 11.4. The Labute approximate surface area is 82.8 Å². The van der Waals surface area contributed by atoms with Crippen LogP contribution in [0.4, 0.5) is 0 Å². The fourth-order valence-corrected chi connectivity index (χ4v) is 0.882. The second-order valence-electron chi connectivity index (χ2n) is 2.56. The van der Waals surface area contributed by atoms with Gasteiger partial charge in [-0.3, -0.25) is 4.79 Å². The van der Waals surface area contributed by atoms with Crippen LogP contribution < -0.4 is 5.32 Å². The SMILES string of the molecule is CC#CCCNC(=O)c1cncnc1. The Morgan fingerprint density at radius 1 is 1.50 bits per heavy atom. The summed E-state index contributed by atoms with van der Waals surface area (Å²) in [5, 5.41) is 2.71. The third-order valence-electron chi connectivity index (χ3n) is 1.54. The lowest BCUT2D eigenvalue weighted by atomic mass is 10.3. The number of carbonyl (C=O) groups excluding carboxylic acids is 1. The van der Waals surface area contributed by atoms with Crippen LogP contribution in [0.15, 0.2) is 18.7 Å². The smallest absolute Gasteiger partial charge is 0.254 e. The molecule has 0 fully saturated rings. The molecule has 1 rings (SSSR count). The highest BCUT2D eigenvalue weighted by Crippen LogP contribution is 1.91. The van der Waals surface area contributed by atoms with Gasteiger partial charge in [-0.1, -0.05) is 0 Å². The van der Waals surface area contributed by atoms with E-state index in [9.17, 15) is 4.79 Å². The fraction of sp³-hybridized carbons (Fsp3) is 0.300. The molecule has 0 aromatic carbocycles. The summed E-state index contributed by atoms with van der Waals surface area (Å²) in [4.78, 5) is 18.9. The number of nitrogens with one attached hydrogen (secondary N) is 1. The number of aromatic nitrogens is 2. The van der Waals surface area contributed by atoms with E-state index in [4.69, 9.17) is 0 Å². The number of amides is 1. The van der Waals surface area contributed by atoms with E-state index < -0.39 is 0 Å². The third kappa shape index (κ3) is 3.23. The molecule has 0 bridgehead atoms. The van der Waals surface area contributed by atoms with E-state index in [1.165, 1.54) is 18.7 Å². The van der Waals surface area contributed by atoms with E-state index in [0.717, 1.165) is 0 Å². The van der Waals surface area contributed by atoms with Crippen molar-refractivity contribution in [3.8, 4) is 11.8 Å². The van der Waals surface area contributed by atoms with E-state index in [0.29, 0.717) is 18.5 Å². The van der Waals surface area contributed by atoms with Crippen LogP contribution in [-0.2, 0) is 0 Å². The highest BCUT2D eigenvalue weighted by molar-refractivity contribution is 5.93. The summed E-state index contributed by atoms with van der Waals surface area (Å²) in [5.74, 6) is 5.45. The first-order chi connectivity index (χ1) is 6.84. The van der Waals surface area contributed by atoms with Gasteiger partial charge in [-0.2, -0.15) is 0 Å². The predicted molar refractivity (Wildman–Crippen MR) is 52.4 cm³/mol. The topological polar surface area (TPSA) is 54.9 Å². The summed E-state index contributed by atoms with van der Waals surface area (Å²) in [6.07, 6.45) is 5.01. The van der Waals surface area contributed by atoms with Crippen LogP contribution in [0, 0.1) is 11.8 Å². The van der Waals surface area contributed by atoms with E-state index in [-0.39, 0.29) is 5.91 Å². The van der Waals surface area contributed by atoms with Gasteiger partial charge >= 0.3 is 0 Å². The van der Waals surface area contributed by atoms with Gasteiger partial charge < -0.3 is 5.32 Å². The molecule has 0 unspecified atom stereocenters. The van der Waals surface area contributed by atoms with Crippen molar-refractivity contribution in [3.63, 3.8) is 0 Å². The van der Waals surface area contributed by atoms with Gasteiger partial charge in [0.15, 0.2) is 0 Å². The molecule has 1 heterocycles. The summed E-state index contributed by atoms with van der Waals surface area (Å²) in [5.41, 5.74) is 0.469. The van der Waals surface area contributed by atoms with Crippen molar-refractivity contribution < 1.29 is 4.79 Å². The summed E-state index contributed by atoms with van der Waals surface area (Å²) in [6.45, 7) is 2.32. The molecular formula is C10H11N3O. The fourth-order valence-electron chi connectivity index (χ4n) is 0.882. The average molecular weight is 189 g/mol. The largest absolute Gasteiger partial charge is 0.351 e. The zero-order valence-corrected chi connectivity index (χ0v) is 7.95. The van der Waals surface area contributed by atoms with Gasteiger partial charge in [0.1, 0.15) is 6.33 Å². The van der Waals surface area contributed by atoms with Gasteiger partial charge in [0, 0.05) is 25.4 Å². The molecule has 4 heteroatoms. The standard InChI is InChI=1S/C10H11N3O/c1-2-3-4-5-13-10(14)9-6-11-8-12-7-9/h6-8H,4-5H2,1H3,(H,13,14). The molecule has 0 radical (unpaired) electrons. The second-order valence-corrected chi connectivity index (χ2v) is 2.56. The van der Waals surface area contributed by atoms with Gasteiger partial charge in [-0.15, -0.1) is 11.8 Å². The maximum Gasteiger partial charge on any atom is 0.254 e. The minimum atomic E-state index is -0.163. The van der Waals surface area contributed by atoms with E-state index in [2.05, 4.69) is 27.1 Å². The van der Waals surface area contributed by atoms with Crippen molar-refractivity contribution >= 4 is 5.91 Å². The molecule has 72 valence electrons. The van der Waals surface area contributed by atoms with Crippen molar-refractivity contribution in [2.45, 2.75) is 13.3 Å². The molecule has 0 aliphatic rings. The first kappa shape index (κ1) is 10.2. The first-order valence-electron chi connectivity index (χ1n) is 4.27. The van der Waals surface area contributed by atoms with Gasteiger partial charge in [0.05, 0.1) is 5.56 Å². The normalized spacial score (nSPS) is 8.64. The number of rotatable bonds is 3. The molecule has 0 atom stereocenters. The molecular weight excluding hydrogens is 178 g/mol. The maximum atomic E-state index is 11.4. The van der Waals surface area contributed by atoms with Gasteiger partial charge in [-0.05, 0) is 6.92 Å². The summed E-state index contributed by atoms with van der Waals surface area (Å²) in [7, 11) is 0. The lowest BCUT2D eigenvalue weighted by Gasteiger charge is -2.00. The Bertz CT molecular complexity index is 351. The Kier molecular flexibility index (Phi) is 4.15. The number of hydrogen-bond donors (Lipinski definition) is 1. The zero-order valence-electron chi connectivity index (χ0n) is 7.95. The number of hydrogen-bond acceptors (Lipinski definition) is 3. The highest BCUT2D eigenvalue weighted by Gasteiger charge is 2.03. The molecule has 0 spiro atoms. The van der Waals surface area contributed by atoms with Crippen LogP contribution in [-0.4, -0.2) is 22.4 Å². The molecule has 1 aromatic rings. The van der Waals surface area contributed by atoms with Crippen molar-refractivity contribution in [2.75, 3.05) is 6.54 Å². The molecule has 0 aliphatic carbocycles. The number of carbonyl (C=O) groups is 1. The Morgan fingerprint density at radius 3 is 2.86 bits per heavy atom. The van der Waals surface area contributed by atoms with Crippen molar-refractivity contribution in [1.29, 1.82) is 0 Å². The van der Waals surface area contributed by atoms with Crippen molar-refractivity contribution in [3.05, 3.63) is 24.3 Å². The van der Waals surface area contributed by atoms with Crippen LogP contribution in [0.2, 0.25) is 0 Å². The molecule has 14 heavy (non-hydrogen) atoms. The molecule has 1 N–H and O–H groups in total. The Morgan fingerprint density at radius 2 is 2.21 bits per heavy atom. The zero-order chi connectivity index (χ0) is 10.2. The van der Waals surface area contributed by atoms with Crippen LogP contribution >= 0.6 is 0 Å².